The molecule has 1 amide bonds. The summed E-state index contributed by atoms with van der Waals surface area (Å²) in [6.45, 7) is 4.93. The Labute approximate surface area is 169 Å². The molecular formula is C21H25N5O3. The van der Waals surface area contributed by atoms with Crippen LogP contribution in [0.3, 0.4) is 0 Å². The average molecular weight is 395 g/mol. The maximum absolute atomic E-state index is 12.8. The number of hydrogen-bond acceptors (Lipinski definition) is 6. The fourth-order valence-corrected chi connectivity index (χ4v) is 3.98. The van der Waals surface area contributed by atoms with Crippen LogP contribution in [-0.2, 0) is 13.7 Å². The molecule has 0 bridgehead atoms. The molecule has 1 aliphatic heterocycles. The summed E-state index contributed by atoms with van der Waals surface area (Å²) in [5, 5.41) is 13.8. The minimum Gasteiger partial charge on any atom is -0.392 e. The summed E-state index contributed by atoms with van der Waals surface area (Å²) in [5.74, 6) is 0.758. The number of imidazole rings is 1. The first-order chi connectivity index (χ1) is 14.0. The lowest BCUT2D eigenvalue weighted by molar-refractivity contribution is 0.0700. The Morgan fingerprint density at radius 2 is 2.17 bits per heavy atom. The van der Waals surface area contributed by atoms with Crippen molar-refractivity contribution in [3.05, 3.63) is 53.1 Å². The van der Waals surface area contributed by atoms with E-state index in [1.807, 2.05) is 37.9 Å². The van der Waals surface area contributed by atoms with Gasteiger partial charge in [0.25, 0.3) is 5.91 Å². The third-order valence-electron chi connectivity index (χ3n) is 5.49. The molecule has 8 heteroatoms. The number of carbonyl (C=O) groups is 1. The van der Waals surface area contributed by atoms with Gasteiger partial charge < -0.3 is 19.1 Å². The quantitative estimate of drug-likeness (QED) is 0.729. The monoisotopic (exact) mass is 395 g/mol. The zero-order valence-electron chi connectivity index (χ0n) is 16.9. The predicted octanol–water partition coefficient (Wildman–Crippen LogP) is 2.60. The third-order valence-corrected chi connectivity index (χ3v) is 5.49. The topological polar surface area (TPSA) is 97.3 Å². The molecule has 4 rings (SSSR count). The molecule has 152 valence electrons. The minimum atomic E-state index is -0.109. The number of aromatic nitrogens is 4. The summed E-state index contributed by atoms with van der Waals surface area (Å²) in [7, 11) is 1.85. The minimum absolute atomic E-state index is 0.0479. The first-order valence-corrected chi connectivity index (χ1v) is 9.79. The maximum Gasteiger partial charge on any atom is 0.274 e. The molecule has 8 nitrogen and oxygen atoms in total. The van der Waals surface area contributed by atoms with Crippen LogP contribution >= 0.6 is 0 Å². The van der Waals surface area contributed by atoms with Gasteiger partial charge in [0.05, 0.1) is 29.9 Å². The van der Waals surface area contributed by atoms with Gasteiger partial charge in [-0.05, 0) is 32.8 Å². The van der Waals surface area contributed by atoms with Gasteiger partial charge in [-0.25, -0.2) is 4.98 Å². The Bertz CT molecular complexity index is 1020. The van der Waals surface area contributed by atoms with E-state index in [-0.39, 0.29) is 18.4 Å². The fourth-order valence-electron chi connectivity index (χ4n) is 3.98. The largest absolute Gasteiger partial charge is 0.392 e. The van der Waals surface area contributed by atoms with Crippen LogP contribution in [0.2, 0.25) is 0 Å². The van der Waals surface area contributed by atoms with Crippen LogP contribution < -0.4 is 0 Å². The Morgan fingerprint density at radius 3 is 2.83 bits per heavy atom. The first-order valence-electron chi connectivity index (χ1n) is 9.79. The summed E-state index contributed by atoms with van der Waals surface area (Å²) in [5.41, 5.74) is 4.39. The van der Waals surface area contributed by atoms with Gasteiger partial charge in [0.1, 0.15) is 11.5 Å². The molecular weight excluding hydrogens is 370 g/mol. The summed E-state index contributed by atoms with van der Waals surface area (Å²) in [4.78, 5) is 23.7. The van der Waals surface area contributed by atoms with Crippen LogP contribution in [0.15, 0.2) is 29.2 Å². The molecule has 1 fully saturated rings. The summed E-state index contributed by atoms with van der Waals surface area (Å²) < 4.78 is 7.08. The number of nitrogens with zero attached hydrogens (tertiary/aromatic N) is 5. The molecule has 29 heavy (non-hydrogen) atoms. The molecule has 0 radical (unpaired) electrons. The van der Waals surface area contributed by atoms with E-state index in [9.17, 15) is 9.90 Å². The lowest BCUT2D eigenvalue weighted by atomic mass is 9.92. The molecule has 0 saturated carbocycles. The van der Waals surface area contributed by atoms with Crippen LogP contribution in [0.4, 0.5) is 0 Å². The molecule has 0 spiro atoms. The van der Waals surface area contributed by atoms with E-state index in [0.29, 0.717) is 23.7 Å². The summed E-state index contributed by atoms with van der Waals surface area (Å²) in [6, 6.07) is 3.86. The molecule has 0 aliphatic carbocycles. The molecule has 1 aliphatic rings. The van der Waals surface area contributed by atoms with Gasteiger partial charge in [0.15, 0.2) is 0 Å². The molecule has 1 N–H and O–H groups in total. The molecule has 4 heterocycles. The molecule has 0 aromatic carbocycles. The van der Waals surface area contributed by atoms with E-state index in [1.54, 1.807) is 17.1 Å². The van der Waals surface area contributed by atoms with E-state index in [1.165, 1.54) is 0 Å². The van der Waals surface area contributed by atoms with Crippen LogP contribution in [0.25, 0.3) is 11.3 Å². The number of aryl methyl sites for hydroxylation is 3. The average Bonchev–Trinajstić information content (AvgIpc) is 3.32. The van der Waals surface area contributed by atoms with Crippen LogP contribution in [0, 0.1) is 13.8 Å². The van der Waals surface area contributed by atoms with Crippen molar-refractivity contribution in [2.45, 2.75) is 39.2 Å². The van der Waals surface area contributed by atoms with Gasteiger partial charge in [-0.1, -0.05) is 11.2 Å². The van der Waals surface area contributed by atoms with Crippen molar-refractivity contribution in [2.24, 2.45) is 7.05 Å². The van der Waals surface area contributed by atoms with Crippen LogP contribution in [0.5, 0.6) is 0 Å². The van der Waals surface area contributed by atoms with Gasteiger partial charge in [-0.2, -0.15) is 0 Å². The Hall–Kier alpha value is -3.00. The Morgan fingerprint density at radius 1 is 1.34 bits per heavy atom. The second kappa shape index (κ2) is 7.79. The van der Waals surface area contributed by atoms with Crippen molar-refractivity contribution in [3.63, 3.8) is 0 Å². The molecule has 1 unspecified atom stereocenters. The van der Waals surface area contributed by atoms with E-state index in [2.05, 4.69) is 10.1 Å². The Kier molecular flexibility index (Phi) is 5.19. The normalized spacial score (nSPS) is 17.0. The number of likely N-dealkylation sites (tertiary alicyclic amines) is 1. The highest BCUT2D eigenvalue weighted by atomic mass is 16.5. The molecule has 1 atom stereocenters. The van der Waals surface area contributed by atoms with Crippen LogP contribution in [0.1, 0.15) is 52.0 Å². The van der Waals surface area contributed by atoms with Crippen molar-refractivity contribution in [3.8, 4) is 11.3 Å². The highest BCUT2D eigenvalue weighted by Gasteiger charge is 2.28. The van der Waals surface area contributed by atoms with Gasteiger partial charge in [0.2, 0.25) is 0 Å². The summed E-state index contributed by atoms with van der Waals surface area (Å²) >= 11 is 0. The molecule has 3 aromatic rings. The number of rotatable bonds is 4. The van der Waals surface area contributed by atoms with Crippen molar-refractivity contribution in [2.75, 3.05) is 13.1 Å². The zero-order chi connectivity index (χ0) is 20.5. The fraction of sp³-hybridized carbons (Fsp3) is 0.429. The van der Waals surface area contributed by atoms with Crippen molar-refractivity contribution < 1.29 is 14.4 Å². The van der Waals surface area contributed by atoms with E-state index >= 15 is 0 Å². The lowest BCUT2D eigenvalue weighted by Gasteiger charge is -2.32. The highest BCUT2D eigenvalue weighted by molar-refractivity contribution is 5.92. The third kappa shape index (κ3) is 3.67. The second-order valence-electron chi connectivity index (χ2n) is 7.62. The SMILES string of the molecule is Cc1noc(C)c1-c1nc(C2CCCN(C(=O)c3cn(C)cn3)C2)ccc1CO. The number of aliphatic hydroxyl groups excluding tert-OH is 1. The number of pyridine rings is 1. The lowest BCUT2D eigenvalue weighted by Crippen LogP contribution is -2.39. The molecule has 1 saturated heterocycles. The standard InChI is InChI=1S/C21H25N5O3/c1-13-19(14(2)29-24-13)20-16(11-27)6-7-17(23-20)15-5-4-8-26(9-15)21(28)18-10-25(3)12-22-18/h6-7,10,12,15,27H,4-5,8-9,11H2,1-3H3. The second-order valence-corrected chi connectivity index (χ2v) is 7.62. The van der Waals surface area contributed by atoms with Crippen molar-refractivity contribution in [1.29, 1.82) is 0 Å². The van der Waals surface area contributed by atoms with Gasteiger partial charge in [-0.15, -0.1) is 0 Å². The predicted molar refractivity (Wildman–Crippen MR) is 106 cm³/mol. The van der Waals surface area contributed by atoms with E-state index < -0.39 is 0 Å². The van der Waals surface area contributed by atoms with Gasteiger partial charge in [-0.3, -0.25) is 9.78 Å². The van der Waals surface area contributed by atoms with E-state index in [0.717, 1.165) is 41.9 Å². The first kappa shape index (κ1) is 19.3. The number of piperidine rings is 1. The Balaban J connectivity index is 1.63. The number of amides is 1. The summed E-state index contributed by atoms with van der Waals surface area (Å²) in [6.07, 6.45) is 5.25. The van der Waals surface area contributed by atoms with E-state index in [4.69, 9.17) is 9.51 Å². The number of hydrogen-bond donors (Lipinski definition) is 1. The smallest absolute Gasteiger partial charge is 0.274 e. The van der Waals surface area contributed by atoms with Gasteiger partial charge >= 0.3 is 0 Å². The number of aliphatic hydroxyl groups is 1. The number of carbonyl (C=O) groups excluding carboxylic acids is 1. The van der Waals surface area contributed by atoms with Gasteiger partial charge in [0, 0.05) is 43.5 Å². The van der Waals surface area contributed by atoms with Crippen molar-refractivity contribution >= 4 is 5.91 Å². The van der Waals surface area contributed by atoms with Crippen LogP contribution in [-0.4, -0.2) is 48.7 Å². The highest BCUT2D eigenvalue weighted by Crippen LogP contribution is 2.32. The zero-order valence-corrected chi connectivity index (χ0v) is 16.9. The maximum atomic E-state index is 12.8. The molecule has 3 aromatic heterocycles. The van der Waals surface area contributed by atoms with Crippen molar-refractivity contribution in [1.82, 2.24) is 24.6 Å².